The Bertz CT molecular complexity index is 1090. The summed E-state index contributed by atoms with van der Waals surface area (Å²) in [5, 5.41) is 0. The third-order valence-corrected chi connectivity index (χ3v) is 8.10. The second kappa shape index (κ2) is 5.82. The zero-order valence-electron chi connectivity index (χ0n) is 13.7. The molecule has 1 amide bonds. The third kappa shape index (κ3) is 2.58. The van der Waals surface area contributed by atoms with Crippen LogP contribution in [0, 0.1) is 0 Å². The average molecular weight is 392 g/mol. The number of nitrogens with zero attached hydrogens (tertiary/aromatic N) is 2. The Kier molecular flexibility index (Phi) is 3.81. The number of rotatable bonds is 3. The van der Waals surface area contributed by atoms with Gasteiger partial charge in [-0.15, -0.1) is 0 Å². The van der Waals surface area contributed by atoms with E-state index in [4.69, 9.17) is 0 Å². The highest BCUT2D eigenvalue weighted by Crippen LogP contribution is 2.33. The maximum Gasteiger partial charge on any atom is 0.264 e. The van der Waals surface area contributed by atoms with E-state index < -0.39 is 26.0 Å². The number of fused-ring (bicyclic) bond motifs is 1. The standard InChI is InChI=1S/C17H16N2O5S2/c20-17-10-12-25(21,22)19(17)14-5-7-15(8-6-14)26(23,24)18-11-9-13-3-1-2-4-16(13)18/h1-8H,9-12H2. The minimum atomic E-state index is -3.75. The first-order chi connectivity index (χ1) is 12.3. The molecule has 0 spiro atoms. The molecule has 2 heterocycles. The van der Waals surface area contributed by atoms with Gasteiger partial charge in [0, 0.05) is 13.0 Å². The van der Waals surface area contributed by atoms with Gasteiger partial charge in [0.1, 0.15) is 0 Å². The number of anilines is 2. The maximum atomic E-state index is 12.9. The number of carbonyl (C=O) groups is 1. The third-order valence-electron chi connectivity index (χ3n) is 4.58. The molecule has 0 N–H and O–H groups in total. The van der Waals surface area contributed by atoms with Crippen LogP contribution in [-0.2, 0) is 31.3 Å². The molecule has 136 valence electrons. The summed E-state index contributed by atoms with van der Waals surface area (Å²) in [7, 11) is -7.42. The summed E-state index contributed by atoms with van der Waals surface area (Å²) < 4.78 is 52.0. The first-order valence-corrected chi connectivity index (χ1v) is 11.1. The van der Waals surface area contributed by atoms with E-state index in [2.05, 4.69) is 0 Å². The second-order valence-electron chi connectivity index (χ2n) is 6.17. The van der Waals surface area contributed by atoms with Crippen molar-refractivity contribution in [3.8, 4) is 0 Å². The van der Waals surface area contributed by atoms with Crippen molar-refractivity contribution in [1.29, 1.82) is 0 Å². The molecule has 0 unspecified atom stereocenters. The van der Waals surface area contributed by atoms with Crippen LogP contribution < -0.4 is 8.61 Å². The second-order valence-corrected chi connectivity index (χ2v) is 9.97. The summed E-state index contributed by atoms with van der Waals surface area (Å²) in [6, 6.07) is 12.7. The van der Waals surface area contributed by atoms with E-state index >= 15 is 0 Å². The first kappa shape index (κ1) is 17.0. The number of benzene rings is 2. The molecule has 0 bridgehead atoms. The number of para-hydroxylation sites is 1. The van der Waals surface area contributed by atoms with Gasteiger partial charge >= 0.3 is 0 Å². The summed E-state index contributed by atoms with van der Waals surface area (Å²) in [5.41, 5.74) is 1.79. The van der Waals surface area contributed by atoms with Gasteiger partial charge in [-0.1, -0.05) is 18.2 Å². The number of amides is 1. The summed E-state index contributed by atoms with van der Waals surface area (Å²) in [5.74, 6) is -0.731. The molecule has 2 aromatic rings. The Morgan fingerprint density at radius 3 is 2.27 bits per heavy atom. The van der Waals surface area contributed by atoms with E-state index in [-0.39, 0.29) is 22.8 Å². The van der Waals surface area contributed by atoms with Crippen LogP contribution in [0.3, 0.4) is 0 Å². The summed E-state index contributed by atoms with van der Waals surface area (Å²) >= 11 is 0. The van der Waals surface area contributed by atoms with E-state index in [0.29, 0.717) is 18.7 Å². The molecule has 0 aromatic heterocycles. The van der Waals surface area contributed by atoms with Crippen molar-refractivity contribution in [3.63, 3.8) is 0 Å². The van der Waals surface area contributed by atoms with Gasteiger partial charge < -0.3 is 0 Å². The van der Waals surface area contributed by atoms with Crippen LogP contribution in [-0.4, -0.2) is 35.0 Å². The van der Waals surface area contributed by atoms with Crippen LogP contribution in [0.5, 0.6) is 0 Å². The smallest absolute Gasteiger partial charge is 0.264 e. The lowest BCUT2D eigenvalue weighted by Crippen LogP contribution is -2.30. The number of carbonyl (C=O) groups excluding carboxylic acids is 1. The lowest BCUT2D eigenvalue weighted by Gasteiger charge is -2.20. The topological polar surface area (TPSA) is 91.8 Å². The fourth-order valence-electron chi connectivity index (χ4n) is 3.31. The summed E-state index contributed by atoms with van der Waals surface area (Å²) in [4.78, 5) is 11.9. The van der Waals surface area contributed by atoms with Crippen LogP contribution >= 0.6 is 0 Å². The van der Waals surface area contributed by atoms with Crippen molar-refractivity contribution in [3.05, 3.63) is 54.1 Å². The molecule has 4 rings (SSSR count). The average Bonchev–Trinajstić information content (AvgIpc) is 3.16. The molecule has 0 saturated carbocycles. The van der Waals surface area contributed by atoms with Crippen LogP contribution in [0.1, 0.15) is 12.0 Å². The van der Waals surface area contributed by atoms with Gasteiger partial charge in [-0.2, -0.15) is 0 Å². The van der Waals surface area contributed by atoms with Gasteiger partial charge in [0.2, 0.25) is 15.9 Å². The summed E-state index contributed by atoms with van der Waals surface area (Å²) in [6.45, 7) is 0.364. The molecule has 0 radical (unpaired) electrons. The van der Waals surface area contributed by atoms with Crippen LogP contribution in [0.4, 0.5) is 11.4 Å². The number of sulfonamides is 2. The lowest BCUT2D eigenvalue weighted by molar-refractivity contribution is -0.116. The maximum absolute atomic E-state index is 12.9. The van der Waals surface area contributed by atoms with Crippen molar-refractivity contribution in [2.24, 2.45) is 0 Å². The van der Waals surface area contributed by atoms with Gasteiger partial charge in [-0.05, 0) is 42.3 Å². The highest BCUT2D eigenvalue weighted by atomic mass is 32.2. The molecule has 0 atom stereocenters. The fourth-order valence-corrected chi connectivity index (χ4v) is 6.27. The van der Waals surface area contributed by atoms with Gasteiger partial charge in [0.25, 0.3) is 10.0 Å². The van der Waals surface area contributed by atoms with Crippen molar-refractivity contribution >= 4 is 37.3 Å². The SMILES string of the molecule is O=C1CCS(=O)(=O)N1c1ccc(S(=O)(=O)N2CCc3ccccc32)cc1. The molecule has 7 nitrogen and oxygen atoms in total. The van der Waals surface area contributed by atoms with Crippen LogP contribution in [0.2, 0.25) is 0 Å². The van der Waals surface area contributed by atoms with E-state index in [1.54, 1.807) is 12.1 Å². The molecule has 1 fully saturated rings. The zero-order valence-corrected chi connectivity index (χ0v) is 15.3. The van der Waals surface area contributed by atoms with Gasteiger partial charge in [-0.25, -0.2) is 21.1 Å². The Hall–Kier alpha value is -2.39. The molecule has 26 heavy (non-hydrogen) atoms. The Labute approximate surface area is 152 Å². The minimum Gasteiger partial charge on any atom is -0.273 e. The molecule has 2 aliphatic heterocycles. The van der Waals surface area contributed by atoms with Crippen molar-refractivity contribution in [2.45, 2.75) is 17.7 Å². The van der Waals surface area contributed by atoms with E-state index in [1.807, 2.05) is 12.1 Å². The van der Waals surface area contributed by atoms with E-state index in [1.165, 1.54) is 28.6 Å². The predicted molar refractivity (Wildman–Crippen MR) is 97.0 cm³/mol. The minimum absolute atomic E-state index is 0.0574. The first-order valence-electron chi connectivity index (χ1n) is 8.07. The quantitative estimate of drug-likeness (QED) is 0.789. The van der Waals surface area contributed by atoms with Crippen molar-refractivity contribution in [2.75, 3.05) is 20.9 Å². The molecule has 1 saturated heterocycles. The van der Waals surface area contributed by atoms with Gasteiger partial charge in [-0.3, -0.25) is 9.10 Å². The Morgan fingerprint density at radius 1 is 0.923 bits per heavy atom. The Balaban J connectivity index is 1.68. The zero-order chi connectivity index (χ0) is 18.5. The monoisotopic (exact) mass is 392 g/mol. The largest absolute Gasteiger partial charge is 0.273 e. The van der Waals surface area contributed by atoms with Gasteiger partial charge in [0.15, 0.2) is 0 Å². The number of hydrogen-bond donors (Lipinski definition) is 0. The van der Waals surface area contributed by atoms with E-state index in [9.17, 15) is 21.6 Å². The molecular formula is C17H16N2O5S2. The molecular weight excluding hydrogens is 376 g/mol. The normalized spacial score (nSPS) is 19.0. The lowest BCUT2D eigenvalue weighted by atomic mass is 10.2. The van der Waals surface area contributed by atoms with Crippen molar-refractivity contribution in [1.82, 2.24) is 0 Å². The highest BCUT2D eigenvalue weighted by Gasteiger charge is 2.37. The predicted octanol–water partition coefficient (Wildman–Crippen LogP) is 1.50. The molecule has 9 heteroatoms. The van der Waals surface area contributed by atoms with E-state index in [0.717, 1.165) is 9.87 Å². The van der Waals surface area contributed by atoms with Crippen molar-refractivity contribution < 1.29 is 21.6 Å². The highest BCUT2D eigenvalue weighted by molar-refractivity contribution is 7.94. The van der Waals surface area contributed by atoms with Gasteiger partial charge in [0.05, 0.1) is 22.0 Å². The van der Waals surface area contributed by atoms with Crippen LogP contribution in [0.25, 0.3) is 0 Å². The molecule has 2 aromatic carbocycles. The fraction of sp³-hybridized carbons (Fsp3) is 0.235. The Morgan fingerprint density at radius 2 is 1.62 bits per heavy atom. The molecule has 2 aliphatic rings. The number of hydrogen-bond acceptors (Lipinski definition) is 5. The summed E-state index contributed by atoms with van der Waals surface area (Å²) in [6.07, 6.45) is 0.584. The molecule has 0 aliphatic carbocycles. The van der Waals surface area contributed by atoms with Crippen LogP contribution in [0.15, 0.2) is 53.4 Å².